The lowest BCUT2D eigenvalue weighted by molar-refractivity contribution is -0.151. The molecule has 2 fully saturated rings. The molecule has 104 valence electrons. The minimum atomic E-state index is -0.607. The van der Waals surface area contributed by atoms with E-state index < -0.39 is 17.4 Å². The zero-order valence-electron chi connectivity index (χ0n) is 11.5. The van der Waals surface area contributed by atoms with E-state index in [4.69, 9.17) is 9.47 Å². The zero-order chi connectivity index (χ0) is 13.8. The lowest BCUT2D eigenvalue weighted by Crippen LogP contribution is -2.40. The van der Waals surface area contributed by atoms with Gasteiger partial charge in [-0.3, -0.25) is 9.59 Å². The first-order valence-electron chi connectivity index (χ1n) is 6.79. The summed E-state index contributed by atoms with van der Waals surface area (Å²) >= 11 is 0. The summed E-state index contributed by atoms with van der Waals surface area (Å²) in [5, 5.41) is 0. The number of hydrogen-bond donors (Lipinski definition) is 0. The largest absolute Gasteiger partial charge is 0.469 e. The Bertz CT molecular complexity index is 460. The van der Waals surface area contributed by atoms with Crippen LogP contribution in [0.1, 0.15) is 20.3 Å². The van der Waals surface area contributed by atoms with E-state index in [0.717, 1.165) is 6.42 Å². The Hall–Kier alpha value is -1.36. The Morgan fingerprint density at radius 2 is 2.42 bits per heavy atom. The Kier molecular flexibility index (Phi) is 2.71. The number of carbonyl (C=O) groups is 2. The molecule has 0 saturated carbocycles. The van der Waals surface area contributed by atoms with Gasteiger partial charge < -0.3 is 14.4 Å². The van der Waals surface area contributed by atoms with E-state index in [1.807, 2.05) is 24.0 Å². The summed E-state index contributed by atoms with van der Waals surface area (Å²) in [4.78, 5) is 26.4. The first-order valence-corrected chi connectivity index (χ1v) is 6.79. The molecule has 1 spiro atoms. The van der Waals surface area contributed by atoms with Crippen molar-refractivity contribution in [3.8, 4) is 0 Å². The van der Waals surface area contributed by atoms with Gasteiger partial charge in [0.15, 0.2) is 0 Å². The normalized spacial score (nSPS) is 40.7. The molecular weight excluding hydrogens is 246 g/mol. The topological polar surface area (TPSA) is 55.8 Å². The van der Waals surface area contributed by atoms with Crippen LogP contribution in [0.3, 0.4) is 0 Å². The third kappa shape index (κ3) is 1.51. The molecule has 0 aromatic carbocycles. The number of amides is 1. The third-order valence-corrected chi connectivity index (χ3v) is 4.73. The number of methoxy groups -OCH3 is 1. The number of rotatable bonds is 3. The van der Waals surface area contributed by atoms with Crippen LogP contribution < -0.4 is 0 Å². The van der Waals surface area contributed by atoms with Crippen molar-refractivity contribution < 1.29 is 19.1 Å². The number of hydrogen-bond acceptors (Lipinski definition) is 4. The van der Waals surface area contributed by atoms with Gasteiger partial charge in [-0.2, -0.15) is 0 Å². The average Bonchev–Trinajstić information content (AvgIpc) is 3.05. The number of likely N-dealkylation sites (tertiary alicyclic amines) is 1. The van der Waals surface area contributed by atoms with Crippen molar-refractivity contribution in [2.45, 2.75) is 38.0 Å². The van der Waals surface area contributed by atoms with E-state index in [2.05, 4.69) is 6.92 Å². The first-order chi connectivity index (χ1) is 9.04. The van der Waals surface area contributed by atoms with Crippen molar-refractivity contribution in [2.24, 2.45) is 11.8 Å². The van der Waals surface area contributed by atoms with Crippen LogP contribution in [0.5, 0.6) is 0 Å². The highest BCUT2D eigenvalue weighted by Crippen LogP contribution is 2.52. The minimum Gasteiger partial charge on any atom is -0.469 e. The van der Waals surface area contributed by atoms with Crippen molar-refractivity contribution >= 4 is 11.9 Å². The molecule has 2 bridgehead atoms. The fraction of sp³-hybridized carbons (Fsp3) is 0.714. The fourth-order valence-electron chi connectivity index (χ4n) is 3.53. The Morgan fingerprint density at radius 3 is 3.05 bits per heavy atom. The van der Waals surface area contributed by atoms with Gasteiger partial charge in [0.2, 0.25) is 5.91 Å². The second kappa shape index (κ2) is 4.07. The van der Waals surface area contributed by atoms with Gasteiger partial charge in [0, 0.05) is 6.04 Å². The van der Waals surface area contributed by atoms with E-state index in [1.54, 1.807) is 0 Å². The third-order valence-electron chi connectivity index (χ3n) is 4.73. The van der Waals surface area contributed by atoms with Crippen LogP contribution >= 0.6 is 0 Å². The average molecular weight is 265 g/mol. The van der Waals surface area contributed by atoms with Gasteiger partial charge in [-0.05, 0) is 13.3 Å². The maximum atomic E-state index is 12.6. The summed E-state index contributed by atoms with van der Waals surface area (Å²) in [6.45, 7) is 4.63. The van der Waals surface area contributed by atoms with Gasteiger partial charge in [0.05, 0.1) is 25.7 Å². The Labute approximate surface area is 112 Å². The first kappa shape index (κ1) is 12.7. The van der Waals surface area contributed by atoms with Crippen LogP contribution in [0.4, 0.5) is 0 Å². The van der Waals surface area contributed by atoms with Gasteiger partial charge in [0.25, 0.3) is 0 Å². The quantitative estimate of drug-likeness (QED) is 0.558. The molecule has 5 heteroatoms. The second-order valence-electron chi connectivity index (χ2n) is 5.65. The molecule has 3 rings (SSSR count). The highest BCUT2D eigenvalue weighted by molar-refractivity contribution is 5.91. The van der Waals surface area contributed by atoms with E-state index in [0.29, 0.717) is 6.54 Å². The molecule has 0 aliphatic carbocycles. The van der Waals surface area contributed by atoms with Crippen LogP contribution in [0, 0.1) is 11.8 Å². The molecule has 0 unspecified atom stereocenters. The molecule has 0 radical (unpaired) electrons. The molecule has 19 heavy (non-hydrogen) atoms. The number of ether oxygens (including phenoxy) is 2. The lowest BCUT2D eigenvalue weighted by atomic mass is 9.77. The van der Waals surface area contributed by atoms with E-state index in [-0.39, 0.29) is 24.0 Å². The maximum absolute atomic E-state index is 12.6. The van der Waals surface area contributed by atoms with Gasteiger partial charge in [-0.15, -0.1) is 0 Å². The van der Waals surface area contributed by atoms with Crippen molar-refractivity contribution in [1.82, 2.24) is 4.90 Å². The molecule has 3 aliphatic heterocycles. The second-order valence-corrected chi connectivity index (χ2v) is 5.65. The van der Waals surface area contributed by atoms with E-state index >= 15 is 0 Å². The molecule has 5 nitrogen and oxygen atoms in total. The highest BCUT2D eigenvalue weighted by atomic mass is 16.5. The zero-order valence-corrected chi connectivity index (χ0v) is 11.5. The number of fused-ring (bicyclic) bond motifs is 1. The molecule has 1 amide bonds. The summed E-state index contributed by atoms with van der Waals surface area (Å²) in [5.41, 5.74) is -0.607. The van der Waals surface area contributed by atoms with E-state index in [1.165, 1.54) is 7.11 Å². The predicted octanol–water partition coefficient (Wildman–Crippen LogP) is 0.740. The predicted molar refractivity (Wildman–Crippen MR) is 67.2 cm³/mol. The van der Waals surface area contributed by atoms with Gasteiger partial charge in [-0.25, -0.2) is 0 Å². The van der Waals surface area contributed by atoms with Crippen LogP contribution in [0.25, 0.3) is 0 Å². The number of carbonyl (C=O) groups excluding carboxylic acids is 2. The van der Waals surface area contributed by atoms with E-state index in [9.17, 15) is 9.59 Å². The van der Waals surface area contributed by atoms with Crippen molar-refractivity contribution in [2.75, 3.05) is 13.7 Å². The SMILES string of the molecule is CC[C@@H](C)N1C[C@@]23C=C[C@@H](O2)[C@H](C(=O)OC)[C@H]3C1=O. The van der Waals surface area contributed by atoms with Crippen molar-refractivity contribution in [3.05, 3.63) is 12.2 Å². The molecule has 3 heterocycles. The number of esters is 1. The smallest absolute Gasteiger partial charge is 0.312 e. The molecule has 0 aromatic heterocycles. The molecular formula is C14H19NO4. The summed E-state index contributed by atoms with van der Waals surface area (Å²) in [5.74, 6) is -1.22. The van der Waals surface area contributed by atoms with Crippen molar-refractivity contribution in [3.63, 3.8) is 0 Å². The number of nitrogens with zero attached hydrogens (tertiary/aromatic N) is 1. The van der Waals surface area contributed by atoms with Crippen LogP contribution in [0.15, 0.2) is 12.2 Å². The summed E-state index contributed by atoms with van der Waals surface area (Å²) in [6, 6.07) is 0.168. The molecule has 5 atom stereocenters. The summed E-state index contributed by atoms with van der Waals surface area (Å²) in [6.07, 6.45) is 4.44. The molecule has 3 aliphatic rings. The van der Waals surface area contributed by atoms with Crippen molar-refractivity contribution in [1.29, 1.82) is 0 Å². The molecule has 0 N–H and O–H groups in total. The van der Waals surface area contributed by atoms with Crippen LogP contribution in [-0.4, -0.2) is 48.2 Å². The fourth-order valence-corrected chi connectivity index (χ4v) is 3.53. The summed E-state index contributed by atoms with van der Waals surface area (Å²) in [7, 11) is 1.36. The van der Waals surface area contributed by atoms with Gasteiger partial charge >= 0.3 is 5.97 Å². The lowest BCUT2D eigenvalue weighted by Gasteiger charge is -2.26. The maximum Gasteiger partial charge on any atom is 0.312 e. The molecule has 2 saturated heterocycles. The van der Waals surface area contributed by atoms with Crippen LogP contribution in [0.2, 0.25) is 0 Å². The monoisotopic (exact) mass is 265 g/mol. The summed E-state index contributed by atoms with van der Waals surface area (Å²) < 4.78 is 10.8. The Balaban J connectivity index is 1.95. The molecule has 0 aromatic rings. The minimum absolute atomic E-state index is 0.0246. The standard InChI is InChI=1S/C14H19NO4/c1-4-8(2)15-7-14-6-5-9(19-14)10(13(17)18-3)11(14)12(15)16/h5-6,8-11H,4,7H2,1-3H3/t8-,9-,10+,11+,14-/m1/s1. The highest BCUT2D eigenvalue weighted by Gasteiger charge is 2.67. The van der Waals surface area contributed by atoms with Gasteiger partial charge in [-0.1, -0.05) is 19.1 Å². The van der Waals surface area contributed by atoms with Crippen LogP contribution in [-0.2, 0) is 19.1 Å². The van der Waals surface area contributed by atoms with Gasteiger partial charge in [0.1, 0.15) is 11.5 Å². The Morgan fingerprint density at radius 1 is 1.68 bits per heavy atom.